The first-order valence-corrected chi connectivity index (χ1v) is 21.5. The van der Waals surface area contributed by atoms with Crippen molar-refractivity contribution in [2.75, 3.05) is 9.80 Å². The molecule has 0 radical (unpaired) electrons. The molecule has 0 amide bonds. The molecule has 13 rings (SSSR count). The fraction of sp³-hybridized carbons (Fsp3) is 0.206. The van der Waals surface area contributed by atoms with E-state index in [2.05, 4.69) is 0 Å². The molecule has 0 spiro atoms. The maximum absolute atomic E-state index is 11.0. The van der Waals surface area contributed by atoms with Crippen LogP contribution in [0, 0.1) is 0 Å². The van der Waals surface area contributed by atoms with Gasteiger partial charge in [0.1, 0.15) is 0 Å². The van der Waals surface area contributed by atoms with E-state index in [0.717, 1.165) is 24.3 Å². The fourth-order valence-corrected chi connectivity index (χ4v) is 9.56. The minimum Gasteiger partial charge on any atom is -0.310 e. The van der Waals surface area contributed by atoms with Crippen molar-refractivity contribution in [3.63, 3.8) is 0 Å². The number of hydrogen-bond acceptors (Lipinski definition) is 2. The van der Waals surface area contributed by atoms with Gasteiger partial charge in [0.2, 0.25) is 0 Å². The van der Waals surface area contributed by atoms with Crippen molar-refractivity contribution in [3.8, 4) is 0 Å². The molecule has 4 aromatic heterocycles. The lowest BCUT2D eigenvalue weighted by molar-refractivity contribution is 0.594. The molecule has 0 aliphatic carbocycles. The highest BCUT2D eigenvalue weighted by Crippen LogP contribution is 2.53. The summed E-state index contributed by atoms with van der Waals surface area (Å²) in [6.07, 6.45) is 0. The van der Waals surface area contributed by atoms with Crippen molar-refractivity contribution in [1.82, 2.24) is 8.80 Å². The number of rotatable bonds is 8. The molecule has 354 valence electrons. The summed E-state index contributed by atoms with van der Waals surface area (Å²) in [6.45, 7) is -43.4. The fourth-order valence-electron chi connectivity index (χ4n) is 9.56. The van der Waals surface area contributed by atoms with E-state index in [0.29, 0.717) is 18.6 Å². The summed E-state index contributed by atoms with van der Waals surface area (Å²) in [4.78, 5) is 1.16. The van der Waals surface area contributed by atoms with Crippen LogP contribution in [0.15, 0.2) is 182 Å². The Morgan fingerprint density at radius 1 is 0.417 bits per heavy atom. The molecule has 0 N–H and O–H groups in total. The second kappa shape index (κ2) is 15.8. The molecule has 4 heteroatoms. The standard InChI is InChI=1S/C68H62N4/c1-41(2)43-27-31-47(32-28-43)69(45-19-13-11-14-20-45)57-37-35-49-53-39-60-54(40-59(53)71-63-51(61(57)65(49)71)23-17-25-55(63)67(5,6)7)50-36-38-58(62-52-24-18-26-56(68(8,9)10)64(52)72(60)66(50)62)70(46-21-15-12-16-22-46)48-33-29-44(30-34-48)42(3)4/h11-42H,1-10H3/i1D3,2D3,3D3,4D3,5D3,6D3,7D3,8D3,9D3,10D3,17D,18D,23D,24D,25D,26D,27D,28D,29D,30D,31D,32D,33D,34D,35D,36D,37D,38D,39D,40D,41D,42D. The minimum absolute atomic E-state index is 0.486. The Hall–Kier alpha value is -7.82. The Balaban J connectivity index is 1.42. The van der Waals surface area contributed by atoms with E-state index < -0.39 is 345 Å². The SMILES string of the molecule is [2H]c1c([2H])c(C([2H])(C([2H])([2H])[2H])C([2H])([2H])[2H])c([2H])c([2H])c1N(c1ccccc1)c1c([2H])c([2H])c2c3c([2H])c4c(c([2H])c3n3c5c(C(C([2H])([2H])[2H])(C([2H])([2H])[2H])C([2H])([2H])[2H])c([2H])c([2H])c([2H])c5c1c23)c1c([2H])c([2H])c(N(c2ccccc2)c2c([2H])c([2H])c(C([2H])(C([2H])([2H])[2H])C([2H])([2H])[2H])c([2H])c2[2H])c2c3c([2H])c([2H])c([2H])c(C(C([2H])([2H])[2H])(C([2H])([2H])[2H])C([2H])([2H])[2H])c3n4c12. The molecule has 13 aromatic rings. The summed E-state index contributed by atoms with van der Waals surface area (Å²) in [7, 11) is 0. The second-order valence-electron chi connectivity index (χ2n) is 16.7. The van der Waals surface area contributed by atoms with Gasteiger partial charge in [0.25, 0.3) is 0 Å². The summed E-state index contributed by atoms with van der Waals surface area (Å²) >= 11 is 0. The first-order chi connectivity index (χ1) is 56.2. The zero-order valence-corrected chi connectivity index (χ0v) is 36.6. The van der Waals surface area contributed by atoms with Gasteiger partial charge in [-0.1, -0.05) is 177 Å². The van der Waals surface area contributed by atoms with Gasteiger partial charge in [-0.15, -0.1) is 0 Å². The lowest BCUT2D eigenvalue weighted by atomic mass is 9.85. The largest absolute Gasteiger partial charge is 0.310 e. The second-order valence-corrected chi connectivity index (χ2v) is 16.7. The highest BCUT2D eigenvalue weighted by Gasteiger charge is 2.31. The molecule has 0 fully saturated rings. The van der Waals surface area contributed by atoms with Gasteiger partial charge in [0, 0.05) is 110 Å². The van der Waals surface area contributed by atoms with Crippen molar-refractivity contribution < 1.29 is 71.3 Å². The third kappa shape index (κ3) is 6.43. The van der Waals surface area contributed by atoms with Crippen molar-refractivity contribution in [2.24, 2.45) is 0 Å². The molecular formula is C68H62N4. The molecular weight excluding hydrogens is 873 g/mol. The van der Waals surface area contributed by atoms with Crippen molar-refractivity contribution in [2.45, 2.75) is 91.1 Å². The molecule has 0 unspecified atom stereocenters. The Kier molecular flexibility index (Phi) is 3.43. The highest BCUT2D eigenvalue weighted by atomic mass is 15.2. The van der Waals surface area contributed by atoms with Crippen LogP contribution in [0.5, 0.6) is 0 Å². The Morgan fingerprint density at radius 2 is 0.819 bits per heavy atom. The van der Waals surface area contributed by atoms with E-state index in [1.165, 1.54) is 36.4 Å². The first-order valence-electron chi connectivity index (χ1n) is 47.5. The number of hydrogen-bond donors (Lipinski definition) is 0. The van der Waals surface area contributed by atoms with Gasteiger partial charge in [-0.3, -0.25) is 0 Å². The van der Waals surface area contributed by atoms with Crippen LogP contribution in [-0.4, -0.2) is 8.80 Å². The van der Waals surface area contributed by atoms with Crippen LogP contribution in [0.2, 0.25) is 0 Å². The lowest BCUT2D eigenvalue weighted by Crippen LogP contribution is -2.12. The van der Waals surface area contributed by atoms with Crippen LogP contribution in [0.4, 0.5) is 34.1 Å². The molecule has 72 heavy (non-hydrogen) atoms. The van der Waals surface area contributed by atoms with Gasteiger partial charge in [0.15, 0.2) is 0 Å². The topological polar surface area (TPSA) is 15.3 Å². The van der Waals surface area contributed by atoms with Crippen LogP contribution in [-0.2, 0) is 10.8 Å². The van der Waals surface area contributed by atoms with Crippen LogP contribution in [0.25, 0.3) is 76.2 Å². The van der Waals surface area contributed by atoms with Gasteiger partial charge < -0.3 is 18.6 Å². The molecule has 0 saturated carbocycles. The molecule has 9 aromatic carbocycles. The quantitative estimate of drug-likeness (QED) is 0.151. The number of anilines is 6. The smallest absolute Gasteiger partial charge is 0.0653 e. The van der Waals surface area contributed by atoms with Gasteiger partial charge in [-0.2, -0.15) is 0 Å². The van der Waals surface area contributed by atoms with Crippen molar-refractivity contribution in [1.29, 1.82) is 0 Å². The molecule has 0 aliphatic heterocycles. The predicted molar refractivity (Wildman–Crippen MR) is 311 cm³/mol. The van der Waals surface area contributed by atoms with E-state index in [9.17, 15) is 52.1 Å². The number of benzene rings is 9. The first kappa shape index (κ1) is 15.6. The predicted octanol–water partition coefficient (Wildman–Crippen LogP) is 19.8. The van der Waals surface area contributed by atoms with Gasteiger partial charge in [-0.05, 0) is 117 Å². The molecule has 0 aliphatic rings. The third-order valence-electron chi connectivity index (χ3n) is 12.4. The molecule has 0 bridgehead atoms. The van der Waals surface area contributed by atoms with Crippen molar-refractivity contribution in [3.05, 3.63) is 204 Å². The normalized spacial score (nSPS) is 25.3. The van der Waals surface area contributed by atoms with Crippen LogP contribution < -0.4 is 9.80 Å². The van der Waals surface area contributed by atoms with Gasteiger partial charge >= 0.3 is 0 Å². The van der Waals surface area contributed by atoms with Gasteiger partial charge in [0.05, 0.1) is 71.9 Å². The molecule has 0 atom stereocenters. The maximum Gasteiger partial charge on any atom is 0.0653 e. The highest BCUT2D eigenvalue weighted by molar-refractivity contribution is 6.32. The van der Waals surface area contributed by atoms with E-state index in [4.69, 9.17) is 19.2 Å². The number of nitrogens with zero attached hydrogens (tertiary/aromatic N) is 4. The van der Waals surface area contributed by atoms with E-state index in [1.54, 1.807) is 0 Å². The zero-order chi connectivity index (χ0) is 93.8. The average Bonchev–Trinajstić information content (AvgIpc) is 1.46. The van der Waals surface area contributed by atoms with Crippen LogP contribution in [0.3, 0.4) is 0 Å². The lowest BCUT2D eigenvalue weighted by Gasteiger charge is -2.27. The summed E-state index contributed by atoms with van der Waals surface area (Å²) in [5.41, 5.74) is -28.4. The summed E-state index contributed by atoms with van der Waals surface area (Å²) in [6, 6.07) is -17.7. The van der Waals surface area contributed by atoms with E-state index in [1.807, 2.05) is 0 Å². The van der Waals surface area contributed by atoms with Crippen molar-refractivity contribution >= 4 is 110 Å². The Morgan fingerprint density at radius 3 is 1.19 bits per heavy atom. The number of fused-ring (bicyclic) bond motifs is 12. The number of para-hydroxylation sites is 4. The minimum atomic E-state index is -4.59. The molecule has 0 saturated heterocycles. The summed E-state index contributed by atoms with van der Waals surface area (Å²) in [5.74, 6) is -8.07. The summed E-state index contributed by atoms with van der Waals surface area (Å²) < 4.78 is 484. The van der Waals surface area contributed by atoms with Gasteiger partial charge in [-0.25, -0.2) is 0 Å². The summed E-state index contributed by atoms with van der Waals surface area (Å²) in [5, 5.41) is -8.57. The number of aromatic nitrogens is 2. The monoisotopic (exact) mass is 987 g/mol. The zero-order valence-electron chi connectivity index (χ0n) is 88.6. The Bertz CT molecular complexity index is 6160. The molecule has 4 heterocycles. The van der Waals surface area contributed by atoms with E-state index in [-0.39, 0.29) is 0 Å². The van der Waals surface area contributed by atoms with Crippen LogP contribution in [0.1, 0.15) is 174 Å². The van der Waals surface area contributed by atoms with Crippen LogP contribution >= 0.6 is 0 Å². The average molecular weight is 988 g/mol. The maximum atomic E-state index is 11.0. The van der Waals surface area contributed by atoms with E-state index >= 15 is 0 Å². The molecule has 4 nitrogen and oxygen atoms in total. The Labute approximate surface area is 496 Å². The third-order valence-corrected chi connectivity index (χ3v) is 12.4.